The quantitative estimate of drug-likeness (QED) is 0.851. The van der Waals surface area contributed by atoms with Crippen molar-refractivity contribution in [3.8, 4) is 0 Å². The predicted molar refractivity (Wildman–Crippen MR) is 95.1 cm³/mol. The molecule has 6 heteroatoms. The van der Waals surface area contributed by atoms with Crippen LogP contribution >= 0.6 is 12.4 Å². The Morgan fingerprint density at radius 3 is 2.70 bits per heavy atom. The molecule has 1 heterocycles. The van der Waals surface area contributed by atoms with E-state index in [1.54, 1.807) is 0 Å². The Balaban J connectivity index is 0.00000264. The second-order valence-electron chi connectivity index (χ2n) is 5.81. The van der Waals surface area contributed by atoms with Crippen LogP contribution in [-0.2, 0) is 6.54 Å². The van der Waals surface area contributed by atoms with Gasteiger partial charge in [0.05, 0.1) is 12.2 Å². The van der Waals surface area contributed by atoms with Crippen molar-refractivity contribution in [2.45, 2.75) is 39.8 Å². The Hall–Kier alpha value is -1.85. The van der Waals surface area contributed by atoms with Gasteiger partial charge >= 0.3 is 0 Å². The van der Waals surface area contributed by atoms with Crippen LogP contribution in [0.25, 0.3) is 0 Å². The van der Waals surface area contributed by atoms with Crippen LogP contribution in [0.15, 0.2) is 30.3 Å². The summed E-state index contributed by atoms with van der Waals surface area (Å²) in [4.78, 5) is 12.1. The number of halogens is 1. The molecular formula is C17H25ClN4O. The number of amides is 1. The molecule has 1 aromatic heterocycles. The number of hydrogen-bond donors (Lipinski definition) is 2. The van der Waals surface area contributed by atoms with E-state index in [1.807, 2.05) is 55.8 Å². The fraction of sp³-hybridized carbons (Fsp3) is 0.412. The van der Waals surface area contributed by atoms with Gasteiger partial charge in [0.2, 0.25) is 0 Å². The first-order valence-electron chi connectivity index (χ1n) is 7.59. The molecule has 1 aromatic carbocycles. The van der Waals surface area contributed by atoms with Gasteiger partial charge in [-0.1, -0.05) is 12.1 Å². The zero-order valence-corrected chi connectivity index (χ0v) is 14.7. The molecule has 0 radical (unpaired) electrons. The Bertz CT molecular complexity index is 652. The molecule has 0 spiro atoms. The van der Waals surface area contributed by atoms with Crippen LogP contribution in [0.3, 0.4) is 0 Å². The zero-order chi connectivity index (χ0) is 16.1. The van der Waals surface area contributed by atoms with E-state index in [1.165, 1.54) is 0 Å². The number of aromatic nitrogens is 2. The van der Waals surface area contributed by atoms with E-state index < -0.39 is 0 Å². The van der Waals surface area contributed by atoms with Gasteiger partial charge in [-0.25, -0.2) is 0 Å². The SMILES string of the molecule is Cc1cc(C)n(Cc2cccc(C(=O)NCCC(C)N)c2)n1.Cl. The third kappa shape index (κ3) is 5.69. The monoisotopic (exact) mass is 336 g/mol. The lowest BCUT2D eigenvalue weighted by molar-refractivity contribution is 0.0952. The largest absolute Gasteiger partial charge is 0.352 e. The highest BCUT2D eigenvalue weighted by molar-refractivity contribution is 5.94. The van der Waals surface area contributed by atoms with Crippen molar-refractivity contribution in [1.82, 2.24) is 15.1 Å². The van der Waals surface area contributed by atoms with Crippen molar-refractivity contribution in [2.24, 2.45) is 5.73 Å². The van der Waals surface area contributed by atoms with Gasteiger partial charge in [-0.3, -0.25) is 9.48 Å². The van der Waals surface area contributed by atoms with E-state index in [2.05, 4.69) is 10.4 Å². The van der Waals surface area contributed by atoms with Gasteiger partial charge in [-0.05, 0) is 51.0 Å². The maximum absolute atomic E-state index is 12.1. The number of nitrogens with one attached hydrogen (secondary N) is 1. The van der Waals surface area contributed by atoms with Crippen molar-refractivity contribution in [1.29, 1.82) is 0 Å². The number of aryl methyl sites for hydroxylation is 2. The minimum absolute atomic E-state index is 0. The van der Waals surface area contributed by atoms with E-state index in [4.69, 9.17) is 5.73 Å². The van der Waals surface area contributed by atoms with E-state index >= 15 is 0 Å². The Kier molecular flexibility index (Phi) is 7.26. The summed E-state index contributed by atoms with van der Waals surface area (Å²) >= 11 is 0. The van der Waals surface area contributed by atoms with Gasteiger partial charge in [-0.2, -0.15) is 5.10 Å². The summed E-state index contributed by atoms with van der Waals surface area (Å²) in [6.07, 6.45) is 0.775. The van der Waals surface area contributed by atoms with Crippen molar-refractivity contribution in [2.75, 3.05) is 6.54 Å². The normalized spacial score (nSPS) is 11.7. The summed E-state index contributed by atoms with van der Waals surface area (Å²) in [5.74, 6) is -0.0594. The van der Waals surface area contributed by atoms with Crippen molar-refractivity contribution in [3.05, 3.63) is 52.8 Å². The lowest BCUT2D eigenvalue weighted by Gasteiger charge is -2.09. The van der Waals surface area contributed by atoms with Gasteiger partial charge in [0.15, 0.2) is 0 Å². The van der Waals surface area contributed by atoms with Crippen LogP contribution in [0, 0.1) is 13.8 Å². The molecule has 126 valence electrons. The fourth-order valence-corrected chi connectivity index (χ4v) is 2.33. The van der Waals surface area contributed by atoms with Crippen LogP contribution < -0.4 is 11.1 Å². The first-order chi connectivity index (χ1) is 10.5. The van der Waals surface area contributed by atoms with Crippen molar-refractivity contribution < 1.29 is 4.79 Å². The molecule has 2 aromatic rings. The van der Waals surface area contributed by atoms with Gasteiger partial charge in [-0.15, -0.1) is 12.4 Å². The third-order valence-electron chi connectivity index (χ3n) is 3.51. The molecular weight excluding hydrogens is 312 g/mol. The molecule has 1 unspecified atom stereocenters. The van der Waals surface area contributed by atoms with E-state index in [0.29, 0.717) is 18.7 Å². The topological polar surface area (TPSA) is 72.9 Å². The number of hydrogen-bond acceptors (Lipinski definition) is 3. The standard InChI is InChI=1S/C17H24N4O.ClH/c1-12(18)7-8-19-17(22)16-6-4-5-15(10-16)11-21-14(3)9-13(2)20-21;/h4-6,9-10,12H,7-8,11,18H2,1-3H3,(H,19,22);1H. The summed E-state index contributed by atoms with van der Waals surface area (Å²) < 4.78 is 1.95. The van der Waals surface area contributed by atoms with Gasteiger partial charge in [0.25, 0.3) is 5.91 Å². The lowest BCUT2D eigenvalue weighted by Crippen LogP contribution is -2.29. The molecule has 1 amide bonds. The van der Waals surface area contributed by atoms with Gasteiger partial charge < -0.3 is 11.1 Å². The second-order valence-corrected chi connectivity index (χ2v) is 5.81. The summed E-state index contributed by atoms with van der Waals surface area (Å²) in [6, 6.07) is 9.79. The fourth-order valence-electron chi connectivity index (χ4n) is 2.33. The molecule has 5 nitrogen and oxygen atoms in total. The molecule has 23 heavy (non-hydrogen) atoms. The van der Waals surface area contributed by atoms with Crippen LogP contribution in [0.4, 0.5) is 0 Å². The second kappa shape index (κ2) is 8.70. The molecule has 2 rings (SSSR count). The molecule has 0 saturated carbocycles. The highest BCUT2D eigenvalue weighted by Crippen LogP contribution is 2.10. The first kappa shape index (κ1) is 19.2. The van der Waals surface area contributed by atoms with Gasteiger partial charge in [0.1, 0.15) is 0 Å². The maximum Gasteiger partial charge on any atom is 0.251 e. The highest BCUT2D eigenvalue weighted by atomic mass is 35.5. The van der Waals surface area contributed by atoms with Gasteiger partial charge in [0, 0.05) is 23.8 Å². The first-order valence-corrected chi connectivity index (χ1v) is 7.59. The summed E-state index contributed by atoms with van der Waals surface area (Å²) in [5.41, 5.74) is 9.53. The van der Waals surface area contributed by atoms with Crippen molar-refractivity contribution >= 4 is 18.3 Å². The smallest absolute Gasteiger partial charge is 0.251 e. The lowest BCUT2D eigenvalue weighted by atomic mass is 10.1. The summed E-state index contributed by atoms with van der Waals surface area (Å²) in [7, 11) is 0. The predicted octanol–water partition coefficient (Wildman–Crippen LogP) is 2.44. The Morgan fingerprint density at radius 1 is 1.35 bits per heavy atom. The van der Waals surface area contributed by atoms with Crippen LogP contribution in [0.2, 0.25) is 0 Å². The molecule has 0 aliphatic rings. The maximum atomic E-state index is 12.1. The van der Waals surface area contributed by atoms with E-state index in [9.17, 15) is 4.79 Å². The molecule has 0 aliphatic carbocycles. The summed E-state index contributed by atoms with van der Waals surface area (Å²) in [6.45, 7) is 7.20. The van der Waals surface area contributed by atoms with Crippen LogP contribution in [0.5, 0.6) is 0 Å². The van der Waals surface area contributed by atoms with E-state index in [-0.39, 0.29) is 24.4 Å². The average Bonchev–Trinajstić information content (AvgIpc) is 2.76. The Morgan fingerprint density at radius 2 is 2.09 bits per heavy atom. The number of carbonyl (C=O) groups is 1. The molecule has 0 bridgehead atoms. The number of nitrogens with zero attached hydrogens (tertiary/aromatic N) is 2. The van der Waals surface area contributed by atoms with Crippen LogP contribution in [-0.4, -0.2) is 28.3 Å². The Labute approximate surface area is 143 Å². The molecule has 0 fully saturated rings. The number of benzene rings is 1. The molecule has 0 aliphatic heterocycles. The van der Waals surface area contributed by atoms with E-state index in [0.717, 1.165) is 23.4 Å². The zero-order valence-electron chi connectivity index (χ0n) is 13.9. The number of carbonyl (C=O) groups excluding carboxylic acids is 1. The summed E-state index contributed by atoms with van der Waals surface area (Å²) in [5, 5.41) is 7.35. The molecule has 3 N–H and O–H groups in total. The number of nitrogens with two attached hydrogens (primary N) is 1. The highest BCUT2D eigenvalue weighted by Gasteiger charge is 2.08. The molecule has 1 atom stereocenters. The number of rotatable bonds is 6. The minimum Gasteiger partial charge on any atom is -0.352 e. The van der Waals surface area contributed by atoms with Crippen LogP contribution in [0.1, 0.15) is 40.7 Å². The third-order valence-corrected chi connectivity index (χ3v) is 3.51. The molecule has 0 saturated heterocycles. The van der Waals surface area contributed by atoms with Crippen molar-refractivity contribution in [3.63, 3.8) is 0 Å². The average molecular weight is 337 g/mol. The minimum atomic E-state index is -0.0594.